The Bertz CT molecular complexity index is 2160. The highest BCUT2D eigenvalue weighted by Gasteiger charge is 2.55. The Hall–Kier alpha value is -5.68. The molecule has 3 amide bonds. The second-order valence-electron chi connectivity index (χ2n) is 15.8. The fraction of sp³-hybridized carbons (Fsp3) is 0.476. The first-order valence-corrected chi connectivity index (χ1v) is 19.3. The number of aromatic amines is 2. The van der Waals surface area contributed by atoms with E-state index in [0.29, 0.717) is 13.1 Å². The lowest BCUT2D eigenvalue weighted by Crippen LogP contribution is -2.51. The predicted octanol–water partition coefficient (Wildman–Crippen LogP) is 6.08. The number of alkyl carbamates (subject to hydrolysis) is 1. The summed E-state index contributed by atoms with van der Waals surface area (Å²) in [7, 11) is 2.69. The number of aromatic nitrogens is 4. The molecule has 3 N–H and O–H groups in total. The highest BCUT2D eigenvalue weighted by atomic mass is 17.2. The number of benzene rings is 2. The predicted molar refractivity (Wildman–Crippen MR) is 210 cm³/mol. The fourth-order valence-electron chi connectivity index (χ4n) is 7.87. The van der Waals surface area contributed by atoms with Gasteiger partial charge in [-0.25, -0.2) is 19.8 Å². The maximum atomic E-state index is 13.8. The molecule has 14 heteroatoms. The van der Waals surface area contributed by atoms with E-state index in [0.717, 1.165) is 77.2 Å². The molecule has 4 atom stereocenters. The van der Waals surface area contributed by atoms with Gasteiger partial charge >= 0.3 is 6.09 Å². The molecule has 0 bridgehead atoms. The first-order valence-electron chi connectivity index (χ1n) is 19.3. The van der Waals surface area contributed by atoms with Gasteiger partial charge in [0, 0.05) is 36.0 Å². The van der Waals surface area contributed by atoms with Crippen molar-refractivity contribution in [3.63, 3.8) is 0 Å². The van der Waals surface area contributed by atoms with E-state index in [1.807, 2.05) is 86.2 Å². The highest BCUT2D eigenvalue weighted by Crippen LogP contribution is 2.58. The number of aliphatic imine (C=N–C) groups is 1. The zero-order chi connectivity index (χ0) is 39.6. The highest BCUT2D eigenvalue weighted by molar-refractivity contribution is 5.87. The van der Waals surface area contributed by atoms with Crippen molar-refractivity contribution in [1.29, 1.82) is 0 Å². The molecule has 4 aromatic rings. The van der Waals surface area contributed by atoms with Gasteiger partial charge in [0.05, 0.1) is 43.0 Å². The molecule has 7 rings (SSSR count). The van der Waals surface area contributed by atoms with Crippen LogP contribution in [0.25, 0.3) is 22.3 Å². The second kappa shape index (κ2) is 16.2. The first kappa shape index (κ1) is 38.6. The van der Waals surface area contributed by atoms with Crippen LogP contribution in [0.3, 0.4) is 0 Å². The Morgan fingerprint density at radius 1 is 0.946 bits per heavy atom. The van der Waals surface area contributed by atoms with Crippen molar-refractivity contribution in [2.24, 2.45) is 22.2 Å². The average molecular weight is 763 g/mol. The fourth-order valence-corrected chi connectivity index (χ4v) is 7.87. The number of ether oxygens (including phenoxy) is 1. The summed E-state index contributed by atoms with van der Waals surface area (Å²) >= 11 is 0. The number of nitrogens with zero attached hydrogens (tertiary/aromatic N) is 5. The number of carbonyl (C=O) groups is 3. The molecule has 14 nitrogen and oxygen atoms in total. The normalized spacial score (nSPS) is 19.8. The van der Waals surface area contributed by atoms with Gasteiger partial charge in [-0.2, -0.15) is 4.89 Å². The zero-order valence-electron chi connectivity index (χ0n) is 32.8. The van der Waals surface area contributed by atoms with Gasteiger partial charge in [0.25, 0.3) is 0 Å². The third kappa shape index (κ3) is 8.14. The Kier molecular flexibility index (Phi) is 11.2. The van der Waals surface area contributed by atoms with Crippen molar-refractivity contribution in [3.8, 4) is 23.1 Å². The van der Waals surface area contributed by atoms with Gasteiger partial charge in [-0.05, 0) is 79.7 Å². The number of methoxy groups -OCH3 is 1. The molecular weight excluding hydrogens is 713 g/mol. The summed E-state index contributed by atoms with van der Waals surface area (Å²) < 4.78 is 4.80. The Labute approximate surface area is 326 Å². The van der Waals surface area contributed by atoms with Gasteiger partial charge in [-0.1, -0.05) is 51.7 Å². The largest absolute Gasteiger partial charge is 0.453 e. The van der Waals surface area contributed by atoms with Gasteiger partial charge in [-0.3, -0.25) is 9.59 Å². The molecule has 2 saturated heterocycles. The summed E-state index contributed by atoms with van der Waals surface area (Å²) in [6.07, 6.45) is 7.14. The Morgan fingerprint density at radius 2 is 1.70 bits per heavy atom. The zero-order valence-corrected chi connectivity index (χ0v) is 32.8. The van der Waals surface area contributed by atoms with Crippen molar-refractivity contribution in [3.05, 3.63) is 71.4 Å². The maximum Gasteiger partial charge on any atom is 0.407 e. The van der Waals surface area contributed by atoms with E-state index in [2.05, 4.69) is 37.0 Å². The van der Waals surface area contributed by atoms with Crippen molar-refractivity contribution >= 4 is 35.3 Å². The van der Waals surface area contributed by atoms with Crippen LogP contribution >= 0.6 is 0 Å². The van der Waals surface area contributed by atoms with Crippen LogP contribution in [0.15, 0.2) is 53.7 Å². The molecule has 3 aliphatic rings. The molecule has 294 valence electrons. The molecule has 4 heterocycles. The van der Waals surface area contributed by atoms with Crippen LogP contribution in [0.4, 0.5) is 4.79 Å². The third-order valence-electron chi connectivity index (χ3n) is 11.2. The molecular formula is C42H50N8O6. The topological polar surface area (TPSA) is 167 Å². The van der Waals surface area contributed by atoms with Crippen LogP contribution in [0.2, 0.25) is 0 Å². The summed E-state index contributed by atoms with van der Waals surface area (Å²) in [5, 5.41) is 2.74. The lowest BCUT2D eigenvalue weighted by molar-refractivity contribution is -0.188. The lowest BCUT2D eigenvalue weighted by atomic mass is 10.0. The second-order valence-corrected chi connectivity index (χ2v) is 15.8. The minimum atomic E-state index is -0.688. The molecule has 2 aliphatic heterocycles. The van der Waals surface area contributed by atoms with E-state index in [1.54, 1.807) is 0 Å². The van der Waals surface area contributed by atoms with Gasteiger partial charge in [0.1, 0.15) is 23.7 Å². The number of nitrogens with one attached hydrogen (secondary N) is 3. The molecule has 0 radical (unpaired) electrons. The number of carbonyl (C=O) groups excluding carboxylic acids is 3. The number of H-pyrrole nitrogens is 2. The minimum Gasteiger partial charge on any atom is -0.453 e. The number of hydrogen-bond donors (Lipinski definition) is 3. The summed E-state index contributed by atoms with van der Waals surface area (Å²) in [5.41, 5.74) is 5.19. The van der Waals surface area contributed by atoms with Crippen LogP contribution in [0, 0.1) is 29.1 Å². The van der Waals surface area contributed by atoms with Gasteiger partial charge in [0.2, 0.25) is 18.2 Å². The van der Waals surface area contributed by atoms with Crippen LogP contribution in [0.1, 0.15) is 94.7 Å². The number of fused-ring (bicyclic) bond motifs is 1. The number of hydrogen-bond acceptors (Lipinski definition) is 9. The molecule has 1 saturated carbocycles. The maximum absolute atomic E-state index is 13.8. The molecule has 1 spiro atoms. The van der Waals surface area contributed by atoms with E-state index in [4.69, 9.17) is 19.6 Å². The van der Waals surface area contributed by atoms with Crippen LogP contribution < -0.4 is 5.32 Å². The summed E-state index contributed by atoms with van der Waals surface area (Å²) in [5.74, 6) is 7.74. The average Bonchev–Trinajstić information content (AvgIpc) is 3.68. The Balaban J connectivity index is 1.03. The van der Waals surface area contributed by atoms with Gasteiger partial charge < -0.3 is 34.7 Å². The summed E-state index contributed by atoms with van der Waals surface area (Å²) in [4.78, 5) is 73.5. The van der Waals surface area contributed by atoms with E-state index in [-0.39, 0.29) is 41.1 Å². The molecule has 2 aromatic heterocycles. The molecule has 56 heavy (non-hydrogen) atoms. The minimum absolute atomic E-state index is 0.0176. The van der Waals surface area contributed by atoms with Crippen molar-refractivity contribution in [1.82, 2.24) is 35.1 Å². The molecule has 0 unspecified atom stereocenters. The van der Waals surface area contributed by atoms with Crippen LogP contribution in [-0.2, 0) is 24.1 Å². The van der Waals surface area contributed by atoms with E-state index in [9.17, 15) is 14.4 Å². The van der Waals surface area contributed by atoms with Crippen molar-refractivity contribution in [2.45, 2.75) is 84.0 Å². The number of imidazole rings is 2. The third-order valence-corrected chi connectivity index (χ3v) is 11.2. The monoisotopic (exact) mass is 762 g/mol. The summed E-state index contributed by atoms with van der Waals surface area (Å²) in [6.45, 7) is 9.05. The molecule has 2 aromatic carbocycles. The standard InChI is InChI=1S/C42H50N8O6/c1-25(2)35(44-24-56-55-6)39(51)49-19-7-8-33(49)38-45-30-16-13-28(20-31(30)46-38)10-9-27-11-14-29(15-12-27)32-22-43-37(47-32)34-21-42(17-18-42)23-50(34)40(52)36(26(3)4)48-41(53)54-5/h11-16,20,22,24-26,33-36H,7-8,17-19,21,23H2,1-6H3,(H,43,47)(H,45,46)(H,48,53)/b44-24-/t33-,34-,35-,36-/m0/s1. The van der Waals surface area contributed by atoms with Crippen LogP contribution in [-0.4, -0.2) is 93.4 Å². The van der Waals surface area contributed by atoms with E-state index < -0.39 is 18.2 Å². The van der Waals surface area contributed by atoms with Crippen LogP contribution in [0.5, 0.6) is 0 Å². The molecule has 3 fully saturated rings. The van der Waals surface area contributed by atoms with Gasteiger partial charge in [-0.15, -0.1) is 0 Å². The first-order chi connectivity index (χ1) is 27.0. The number of amides is 3. The number of rotatable bonds is 11. The van der Waals surface area contributed by atoms with Crippen molar-refractivity contribution in [2.75, 3.05) is 27.3 Å². The SMILES string of the molecule is COO/C=N\[C@H](C(=O)N1CCC[C@H]1c1nc2cc(C#Cc3ccc(-c4c[nH]c([C@@H]5CC6(CC6)CN5C(=O)[C@@H](NC(=O)OC)C(C)C)n4)cc3)ccc2[nH]1)C(C)C. The lowest BCUT2D eigenvalue weighted by Gasteiger charge is -2.30. The smallest absolute Gasteiger partial charge is 0.407 e. The van der Waals surface area contributed by atoms with E-state index in [1.165, 1.54) is 20.6 Å². The quantitative estimate of drug-likeness (QED) is 0.0544. The summed E-state index contributed by atoms with van der Waals surface area (Å²) in [6, 6.07) is 12.2. The number of likely N-dealkylation sites (tertiary alicyclic amines) is 2. The van der Waals surface area contributed by atoms with Crippen molar-refractivity contribution < 1.29 is 28.9 Å². The molecule has 1 aliphatic carbocycles. The Morgan fingerprint density at radius 3 is 2.39 bits per heavy atom. The van der Waals surface area contributed by atoms with Gasteiger partial charge in [0.15, 0.2) is 0 Å². The van der Waals surface area contributed by atoms with E-state index >= 15 is 0 Å².